The monoisotopic (exact) mass is 602 g/mol. The van der Waals surface area contributed by atoms with Crippen molar-refractivity contribution in [2.24, 2.45) is 0 Å². The van der Waals surface area contributed by atoms with Crippen LogP contribution in [0.25, 0.3) is 10.9 Å². The number of carbonyl (C=O) groups excluding carboxylic acids is 1. The van der Waals surface area contributed by atoms with Crippen LogP contribution in [0.1, 0.15) is 12.5 Å². The van der Waals surface area contributed by atoms with Crippen molar-refractivity contribution in [3.63, 3.8) is 0 Å². The van der Waals surface area contributed by atoms with Gasteiger partial charge < -0.3 is 4.74 Å². The van der Waals surface area contributed by atoms with Crippen molar-refractivity contribution in [2.75, 3.05) is 31.3 Å². The van der Waals surface area contributed by atoms with Crippen LogP contribution in [0.15, 0.2) is 81.2 Å². The van der Waals surface area contributed by atoms with Crippen LogP contribution >= 0.6 is 23.2 Å². The van der Waals surface area contributed by atoms with Crippen LogP contribution in [0.4, 0.5) is 5.69 Å². The number of hydrogen-bond donors (Lipinski definition) is 0. The van der Waals surface area contributed by atoms with Crippen LogP contribution in [0, 0.1) is 0 Å². The van der Waals surface area contributed by atoms with E-state index >= 15 is 0 Å². The molecule has 208 valence electrons. The molecule has 0 bridgehead atoms. The maximum absolute atomic E-state index is 13.9. The molecule has 0 saturated carbocycles. The minimum Gasteiger partial charge on any atom is -0.379 e. The van der Waals surface area contributed by atoms with E-state index in [4.69, 9.17) is 27.9 Å². The number of carbonyl (C=O) groups is 1. The zero-order valence-electron chi connectivity index (χ0n) is 21.3. The van der Waals surface area contributed by atoms with E-state index < -0.39 is 27.2 Å². The van der Waals surface area contributed by atoms with Crippen molar-refractivity contribution in [3.8, 4) is 0 Å². The van der Waals surface area contributed by atoms with E-state index in [0.717, 1.165) is 28.3 Å². The molecule has 10 nitrogen and oxygen atoms in total. The molecule has 0 radical (unpaired) electrons. The molecule has 1 fully saturated rings. The van der Waals surface area contributed by atoms with Crippen molar-refractivity contribution >= 4 is 55.7 Å². The fourth-order valence-electron chi connectivity index (χ4n) is 4.56. The second-order valence-electron chi connectivity index (χ2n) is 9.17. The van der Waals surface area contributed by atoms with E-state index in [2.05, 4.69) is 4.90 Å². The standard InChI is InChI=1S/C27H24Cl2N4O6S/c1-18(34)31(22-7-2-19(3-8-22)17-30-12-14-39-15-13-30)32-25-16-21(29)6-11-24(25)26(35)33(27(32)36)40(37,38)23-9-4-20(28)5-10-23/h2-11,16H,12-15,17H2,1H3. The number of hydrogen-bond acceptors (Lipinski definition) is 7. The zero-order valence-corrected chi connectivity index (χ0v) is 23.6. The third-order valence-corrected chi connectivity index (χ3v) is 8.66. The molecule has 40 heavy (non-hydrogen) atoms. The van der Waals surface area contributed by atoms with Crippen molar-refractivity contribution in [3.05, 3.63) is 103 Å². The minimum atomic E-state index is -4.68. The van der Waals surface area contributed by atoms with Gasteiger partial charge in [0.15, 0.2) is 0 Å². The number of amides is 1. The molecular formula is C27H24Cl2N4O6S. The van der Waals surface area contributed by atoms with Crippen LogP contribution in [0.2, 0.25) is 10.0 Å². The minimum absolute atomic E-state index is 0.0300. The first-order valence-electron chi connectivity index (χ1n) is 12.3. The van der Waals surface area contributed by atoms with Gasteiger partial charge in [-0.25, -0.2) is 18.2 Å². The highest BCUT2D eigenvalue weighted by Gasteiger charge is 2.29. The Hall–Kier alpha value is -3.48. The summed E-state index contributed by atoms with van der Waals surface area (Å²) in [6.45, 7) is 4.81. The number of benzene rings is 3. The van der Waals surface area contributed by atoms with Gasteiger partial charge in [0, 0.05) is 36.6 Å². The van der Waals surface area contributed by atoms with Gasteiger partial charge >= 0.3 is 5.69 Å². The Kier molecular flexibility index (Phi) is 7.85. The van der Waals surface area contributed by atoms with Gasteiger partial charge in [0.1, 0.15) is 0 Å². The second kappa shape index (κ2) is 11.2. The molecule has 0 spiro atoms. The van der Waals surface area contributed by atoms with Gasteiger partial charge in [0.25, 0.3) is 15.6 Å². The largest absolute Gasteiger partial charge is 0.379 e. The summed E-state index contributed by atoms with van der Waals surface area (Å²) in [6.07, 6.45) is 0. The van der Waals surface area contributed by atoms with Crippen molar-refractivity contribution < 1.29 is 17.9 Å². The molecule has 0 N–H and O–H groups in total. The predicted molar refractivity (Wildman–Crippen MR) is 153 cm³/mol. The quantitative estimate of drug-likeness (QED) is 0.333. The highest BCUT2D eigenvalue weighted by molar-refractivity contribution is 7.90. The Morgan fingerprint density at radius 3 is 2.17 bits per heavy atom. The maximum Gasteiger partial charge on any atom is 0.365 e. The number of nitrogens with zero attached hydrogens (tertiary/aromatic N) is 4. The summed E-state index contributed by atoms with van der Waals surface area (Å²) in [5, 5.41) is 1.35. The van der Waals surface area contributed by atoms with E-state index in [-0.39, 0.29) is 35.5 Å². The average Bonchev–Trinajstić information content (AvgIpc) is 2.92. The van der Waals surface area contributed by atoms with E-state index in [1.165, 1.54) is 49.4 Å². The molecule has 0 aliphatic carbocycles. The Balaban J connectivity index is 1.70. The molecule has 1 saturated heterocycles. The SMILES string of the molecule is CC(=O)N(c1ccc(CN2CCOCC2)cc1)n1c(=O)n(S(=O)(=O)c2ccc(Cl)cc2)c(=O)c2ccc(Cl)cc21. The molecule has 1 aliphatic rings. The Labute approximate surface area is 239 Å². The normalized spacial score (nSPS) is 14.4. The van der Waals surface area contributed by atoms with Crippen LogP contribution in [0.3, 0.4) is 0 Å². The van der Waals surface area contributed by atoms with Gasteiger partial charge in [-0.1, -0.05) is 35.3 Å². The molecule has 0 unspecified atom stereocenters. The lowest BCUT2D eigenvalue weighted by atomic mass is 10.2. The second-order valence-corrected chi connectivity index (χ2v) is 11.8. The third kappa shape index (κ3) is 5.30. The third-order valence-electron chi connectivity index (χ3n) is 6.50. The number of anilines is 1. The van der Waals surface area contributed by atoms with E-state index in [9.17, 15) is 22.8 Å². The molecule has 1 amide bonds. The lowest BCUT2D eigenvalue weighted by Crippen LogP contribution is -2.51. The smallest absolute Gasteiger partial charge is 0.365 e. The Morgan fingerprint density at radius 1 is 0.925 bits per heavy atom. The molecule has 5 rings (SSSR count). The van der Waals surface area contributed by atoms with Gasteiger partial charge in [0.05, 0.1) is 34.7 Å². The summed E-state index contributed by atoms with van der Waals surface area (Å²) in [4.78, 5) is 42.3. The summed E-state index contributed by atoms with van der Waals surface area (Å²) in [6, 6.07) is 16.0. The highest BCUT2D eigenvalue weighted by atomic mass is 35.5. The summed E-state index contributed by atoms with van der Waals surface area (Å²) in [7, 11) is -4.68. The Bertz CT molecular complexity index is 1810. The van der Waals surface area contributed by atoms with Crippen LogP contribution in [-0.2, 0) is 26.1 Å². The van der Waals surface area contributed by atoms with Gasteiger partial charge in [0.2, 0.25) is 5.91 Å². The number of fused-ring (bicyclic) bond motifs is 1. The fraction of sp³-hybridized carbons (Fsp3) is 0.222. The molecule has 0 atom stereocenters. The average molecular weight is 603 g/mol. The first-order valence-corrected chi connectivity index (χ1v) is 14.5. The maximum atomic E-state index is 13.9. The van der Waals surface area contributed by atoms with E-state index in [1.807, 2.05) is 12.1 Å². The van der Waals surface area contributed by atoms with Crippen LogP contribution < -0.4 is 16.3 Å². The molecule has 13 heteroatoms. The molecule has 4 aromatic rings. The first-order chi connectivity index (χ1) is 19.1. The lowest BCUT2D eigenvalue weighted by Gasteiger charge is -2.27. The molecule has 1 aliphatic heterocycles. The number of halogens is 2. The molecule has 3 aromatic carbocycles. The van der Waals surface area contributed by atoms with Gasteiger partial charge in [-0.15, -0.1) is 3.97 Å². The number of rotatable bonds is 6. The number of aromatic nitrogens is 2. The molecule has 2 heterocycles. The van der Waals surface area contributed by atoms with Crippen LogP contribution in [0.5, 0.6) is 0 Å². The van der Waals surface area contributed by atoms with Crippen molar-refractivity contribution in [1.82, 2.24) is 13.5 Å². The number of morpholine rings is 1. The lowest BCUT2D eigenvalue weighted by molar-refractivity contribution is -0.117. The van der Waals surface area contributed by atoms with Crippen molar-refractivity contribution in [2.45, 2.75) is 18.4 Å². The summed E-state index contributed by atoms with van der Waals surface area (Å²) in [5.41, 5.74) is -1.10. The molecular weight excluding hydrogens is 579 g/mol. The van der Waals surface area contributed by atoms with Gasteiger partial charge in [-0.05, 0) is 60.2 Å². The van der Waals surface area contributed by atoms with Crippen LogP contribution in [-0.4, -0.2) is 54.2 Å². The van der Waals surface area contributed by atoms with Crippen molar-refractivity contribution in [1.29, 1.82) is 0 Å². The van der Waals surface area contributed by atoms with Gasteiger partial charge in [-0.3, -0.25) is 14.5 Å². The zero-order chi connectivity index (χ0) is 28.6. The summed E-state index contributed by atoms with van der Waals surface area (Å²) < 4.78 is 33.5. The first kappa shape index (κ1) is 28.1. The van der Waals surface area contributed by atoms with Gasteiger partial charge in [-0.2, -0.15) is 4.68 Å². The van der Waals surface area contributed by atoms with E-state index in [1.54, 1.807) is 12.1 Å². The topological polar surface area (TPSA) is 111 Å². The fourth-order valence-corrected chi connectivity index (χ4v) is 6.14. The number of ether oxygens (including phenoxy) is 1. The predicted octanol–water partition coefficient (Wildman–Crippen LogP) is 3.36. The highest BCUT2D eigenvalue weighted by Crippen LogP contribution is 2.23. The molecule has 1 aromatic heterocycles. The summed E-state index contributed by atoms with van der Waals surface area (Å²) >= 11 is 12.1. The summed E-state index contributed by atoms with van der Waals surface area (Å²) in [5.74, 6) is -0.599. The van der Waals surface area contributed by atoms with E-state index in [0.29, 0.717) is 19.8 Å². The Morgan fingerprint density at radius 2 is 1.55 bits per heavy atom.